The van der Waals surface area contributed by atoms with Crippen LogP contribution >= 0.6 is 0 Å². The number of alkyl halides is 1. The third kappa shape index (κ3) is 3.69. The Balaban J connectivity index is 0.000000300. The van der Waals surface area contributed by atoms with Crippen LogP contribution in [0.5, 0.6) is 0 Å². The maximum atomic E-state index is 14.7. The molecule has 1 aliphatic heterocycles. The van der Waals surface area contributed by atoms with Gasteiger partial charge in [0.05, 0.1) is 0 Å². The molecule has 4 heteroatoms. The summed E-state index contributed by atoms with van der Waals surface area (Å²) in [5.41, 5.74) is -0.405. The molecule has 0 aromatic heterocycles. The van der Waals surface area contributed by atoms with Crippen LogP contribution in [0.25, 0.3) is 11.1 Å². The Labute approximate surface area is 155 Å². The second-order valence-corrected chi connectivity index (χ2v) is 5.13. The van der Waals surface area contributed by atoms with Crippen LogP contribution in [0, 0.1) is 0 Å². The van der Waals surface area contributed by atoms with Crippen molar-refractivity contribution in [2.24, 2.45) is 4.99 Å². The van der Waals surface area contributed by atoms with Gasteiger partial charge in [0.25, 0.3) is 0 Å². The Hall–Kier alpha value is -2.10. The fraction of sp³-hybridized carbons (Fsp3) is 0.0500. The molecule has 0 saturated carbocycles. The van der Waals surface area contributed by atoms with Crippen molar-refractivity contribution < 1.29 is 30.5 Å². The van der Waals surface area contributed by atoms with E-state index >= 15 is 0 Å². The number of nitrogens with zero attached hydrogens (tertiary/aromatic N) is 1. The van der Waals surface area contributed by atoms with Crippen molar-refractivity contribution in [2.45, 2.75) is 5.67 Å². The molecule has 0 aliphatic carbocycles. The van der Waals surface area contributed by atoms with Crippen LogP contribution in [-0.4, -0.2) is 5.97 Å². The molecule has 124 valence electrons. The largest absolute Gasteiger partial charge is 0.748 e. The van der Waals surface area contributed by atoms with Crippen molar-refractivity contribution in [3.8, 4) is 11.1 Å². The molecule has 4 rings (SSSR count). The minimum atomic E-state index is -2.24. The minimum absolute atomic E-state index is 0. The first-order valence-corrected chi connectivity index (χ1v) is 7.30. The van der Waals surface area contributed by atoms with Crippen molar-refractivity contribution in [2.75, 3.05) is 0 Å². The van der Waals surface area contributed by atoms with Gasteiger partial charge in [0.1, 0.15) is 0 Å². The van der Waals surface area contributed by atoms with Crippen LogP contribution in [0.2, 0.25) is 0 Å². The van der Waals surface area contributed by atoms with Crippen LogP contribution in [0.1, 0.15) is 5.56 Å². The smallest absolute Gasteiger partial charge is 0.228 e. The molecule has 0 saturated heterocycles. The number of hydrogen-bond donors (Lipinski definition) is 0. The summed E-state index contributed by atoms with van der Waals surface area (Å²) < 4.78 is 28.3. The van der Waals surface area contributed by atoms with E-state index < -0.39 is 11.6 Å². The Morgan fingerprint density at radius 3 is 2.04 bits per heavy atom. The van der Waals surface area contributed by atoms with Gasteiger partial charge in [-0.15, -0.1) is 23.8 Å². The van der Waals surface area contributed by atoms with E-state index in [1.54, 1.807) is 18.2 Å². The second-order valence-electron chi connectivity index (χ2n) is 5.13. The predicted molar refractivity (Wildman–Crippen MR) is 90.0 cm³/mol. The van der Waals surface area contributed by atoms with Crippen LogP contribution in [0.3, 0.4) is 0 Å². The van der Waals surface area contributed by atoms with Crippen LogP contribution in [0.15, 0.2) is 96.1 Å². The molecule has 0 amide bonds. The molecule has 0 fully saturated rings. The summed E-state index contributed by atoms with van der Waals surface area (Å²) in [5, 5.41) is 0. The van der Waals surface area contributed by atoms with Crippen LogP contribution < -0.4 is 0 Å². The number of aliphatic imine (C=N–C) groups is 1. The molecule has 1 aliphatic rings. The zero-order valence-corrected chi connectivity index (χ0v) is 14.4. The number of rotatable bonds is 2. The van der Waals surface area contributed by atoms with Crippen molar-refractivity contribution in [1.82, 2.24) is 0 Å². The van der Waals surface area contributed by atoms with Crippen molar-refractivity contribution in [3.63, 3.8) is 0 Å². The third-order valence-electron chi connectivity index (χ3n) is 3.64. The third-order valence-corrected chi connectivity index (χ3v) is 3.64. The van der Waals surface area contributed by atoms with Gasteiger partial charge in [-0.1, -0.05) is 29.3 Å². The molecule has 1 heterocycles. The molecule has 1 unspecified atom stereocenters. The first-order valence-electron chi connectivity index (χ1n) is 7.30. The first-order chi connectivity index (χ1) is 11.2. The van der Waals surface area contributed by atoms with Gasteiger partial charge in [0.2, 0.25) is 5.97 Å². The Morgan fingerprint density at radius 2 is 1.50 bits per heavy atom. The fourth-order valence-corrected chi connectivity index (χ4v) is 2.50. The molecule has 3 aromatic carbocycles. The van der Waals surface area contributed by atoms with E-state index in [0.29, 0.717) is 5.56 Å². The summed E-state index contributed by atoms with van der Waals surface area (Å²) in [4.78, 5) is 3.38. The van der Waals surface area contributed by atoms with E-state index in [1.807, 2.05) is 60.7 Å². The number of halogens is 2. The Kier molecular flexibility index (Phi) is 6.19. The predicted octanol–water partition coefficient (Wildman–Crippen LogP) is 5.54. The zero-order chi connectivity index (χ0) is 16.1. The minimum Gasteiger partial charge on any atom is -0.748 e. The summed E-state index contributed by atoms with van der Waals surface area (Å²) in [6, 6.07) is 24.4. The summed E-state index contributed by atoms with van der Waals surface area (Å²) in [6.45, 7) is 0. The zero-order valence-electron chi connectivity index (χ0n) is 12.9. The van der Waals surface area contributed by atoms with Crippen molar-refractivity contribution >= 4 is 5.97 Å². The van der Waals surface area contributed by atoms with E-state index in [0.717, 1.165) is 17.8 Å². The van der Waals surface area contributed by atoms with Gasteiger partial charge in [0, 0.05) is 27.9 Å². The summed E-state index contributed by atoms with van der Waals surface area (Å²) in [7, 11) is 0. The molecule has 0 radical (unpaired) electrons. The van der Waals surface area contributed by atoms with Gasteiger partial charge in [0.15, 0.2) is 5.67 Å². The number of allylic oxidation sites excluding steroid dienone is 1. The first kappa shape index (κ1) is 18.2. The second kappa shape index (κ2) is 8.14. The Bertz CT molecular complexity index is 787. The van der Waals surface area contributed by atoms with Crippen LogP contribution in [-0.2, 0) is 27.4 Å². The van der Waals surface area contributed by atoms with Gasteiger partial charge >= 0.3 is 0 Å². The molecular weight excluding hydrogens is 340 g/mol. The topological polar surface area (TPSA) is 12.4 Å². The normalized spacial score (nSPS) is 18.3. The summed E-state index contributed by atoms with van der Waals surface area (Å²) in [6.07, 6.45) is 2.31. The maximum Gasteiger partial charge on any atom is 0.228 e. The van der Waals surface area contributed by atoms with Gasteiger partial charge in [-0.2, -0.15) is 16.5 Å². The molecule has 0 bridgehead atoms. The molecule has 1 atom stereocenters. The molecular formula is C20H15F2NTi-6. The standard InChI is InChI=1S/C15H10F2N.C5H5.Ti/c16-14-15(17,9-10-18-14)13-8-4-3-7-12(13)11-5-1-2-6-11;1-2-4-5-3-1;/h1-10H;1-5H;/q-1;-5;. The molecule has 0 N–H and O–H groups in total. The summed E-state index contributed by atoms with van der Waals surface area (Å²) >= 11 is 0. The van der Waals surface area contributed by atoms with E-state index in [4.69, 9.17) is 0 Å². The van der Waals surface area contributed by atoms with Gasteiger partial charge < -0.3 is 30.3 Å². The average Bonchev–Trinajstić information content (AvgIpc) is 3.33. The van der Waals surface area contributed by atoms with E-state index in [2.05, 4.69) is 4.99 Å². The van der Waals surface area contributed by atoms with Crippen LogP contribution in [0.4, 0.5) is 8.78 Å². The SMILES string of the molecule is FC1=NC=CC1(F)c1ccccc1-[c-]1cccc1.[Ti].[cH-]1[cH-][cH-][cH-][cH-]1. The molecule has 3 aromatic rings. The number of hydrogen-bond acceptors (Lipinski definition) is 1. The van der Waals surface area contributed by atoms with Crippen molar-refractivity contribution in [3.05, 3.63) is 96.7 Å². The van der Waals surface area contributed by atoms with Crippen molar-refractivity contribution in [1.29, 1.82) is 0 Å². The van der Waals surface area contributed by atoms with E-state index in [9.17, 15) is 8.78 Å². The maximum absolute atomic E-state index is 14.7. The quantitative estimate of drug-likeness (QED) is 0.423. The fourth-order valence-electron chi connectivity index (χ4n) is 2.50. The van der Waals surface area contributed by atoms with E-state index in [-0.39, 0.29) is 27.3 Å². The van der Waals surface area contributed by atoms with Gasteiger partial charge in [-0.25, -0.2) is 9.38 Å². The average molecular weight is 355 g/mol. The molecule has 1 nitrogen and oxygen atoms in total. The monoisotopic (exact) mass is 355 g/mol. The van der Waals surface area contributed by atoms with E-state index in [1.165, 1.54) is 0 Å². The number of benzene rings is 1. The molecule has 0 spiro atoms. The van der Waals surface area contributed by atoms with Gasteiger partial charge in [-0.05, 0) is 6.08 Å². The summed E-state index contributed by atoms with van der Waals surface area (Å²) in [5.74, 6) is -1.01. The molecule has 24 heavy (non-hydrogen) atoms. The Morgan fingerprint density at radius 1 is 0.917 bits per heavy atom. The van der Waals surface area contributed by atoms with Gasteiger partial charge in [-0.3, -0.25) is 0 Å².